The van der Waals surface area contributed by atoms with Gasteiger partial charge in [-0.3, -0.25) is 4.79 Å². The van der Waals surface area contributed by atoms with Crippen LogP contribution >= 0.6 is 0 Å². The van der Waals surface area contributed by atoms with E-state index in [-0.39, 0.29) is 5.91 Å². The molecular formula is C20H24N6O2. The lowest BCUT2D eigenvalue weighted by atomic mass is 10.0. The molecule has 1 aliphatic heterocycles. The first-order valence-electron chi connectivity index (χ1n) is 9.49. The smallest absolute Gasteiger partial charge is 0.255 e. The number of benzene rings is 1. The predicted octanol–water partition coefficient (Wildman–Crippen LogP) is 1.65. The van der Waals surface area contributed by atoms with Crippen LogP contribution in [0, 0.1) is 6.92 Å². The maximum Gasteiger partial charge on any atom is 0.255 e. The third-order valence-electron chi connectivity index (χ3n) is 5.11. The zero-order chi connectivity index (χ0) is 19.5. The number of aryl methyl sites for hydroxylation is 1. The number of nitrogens with one attached hydrogen (secondary N) is 2. The summed E-state index contributed by atoms with van der Waals surface area (Å²) >= 11 is 0. The summed E-state index contributed by atoms with van der Waals surface area (Å²) in [7, 11) is 1.58. The lowest BCUT2D eigenvalue weighted by molar-refractivity contribution is 0.0949. The van der Waals surface area contributed by atoms with Gasteiger partial charge in [-0.2, -0.15) is 5.10 Å². The molecule has 3 aromatic rings. The Morgan fingerprint density at radius 1 is 1.36 bits per heavy atom. The van der Waals surface area contributed by atoms with Crippen molar-refractivity contribution in [1.29, 1.82) is 0 Å². The number of fused-ring (bicyclic) bond motifs is 1. The summed E-state index contributed by atoms with van der Waals surface area (Å²) in [6, 6.07) is 5.54. The highest BCUT2D eigenvalue weighted by Crippen LogP contribution is 2.26. The Labute approximate surface area is 163 Å². The molecule has 0 unspecified atom stereocenters. The molecular weight excluding hydrogens is 356 g/mol. The first kappa shape index (κ1) is 18.4. The Morgan fingerprint density at radius 3 is 3.00 bits per heavy atom. The van der Waals surface area contributed by atoms with Crippen LogP contribution in [-0.4, -0.2) is 52.4 Å². The second kappa shape index (κ2) is 7.93. The van der Waals surface area contributed by atoms with Crippen molar-refractivity contribution >= 4 is 17.1 Å². The van der Waals surface area contributed by atoms with Crippen LogP contribution in [0.25, 0.3) is 11.2 Å². The van der Waals surface area contributed by atoms with Gasteiger partial charge in [-0.15, -0.1) is 0 Å². The average molecular weight is 380 g/mol. The minimum atomic E-state index is -0.164. The van der Waals surface area contributed by atoms with Gasteiger partial charge >= 0.3 is 0 Å². The van der Waals surface area contributed by atoms with E-state index in [9.17, 15) is 4.79 Å². The predicted molar refractivity (Wildman–Crippen MR) is 106 cm³/mol. The lowest BCUT2D eigenvalue weighted by Gasteiger charge is -2.11. The molecule has 0 radical (unpaired) electrons. The molecule has 1 aromatic carbocycles. The molecule has 0 spiro atoms. The van der Waals surface area contributed by atoms with Gasteiger partial charge in [0.2, 0.25) is 0 Å². The molecule has 0 saturated carbocycles. The zero-order valence-corrected chi connectivity index (χ0v) is 16.1. The van der Waals surface area contributed by atoms with Gasteiger partial charge in [0.1, 0.15) is 11.3 Å². The largest absolute Gasteiger partial charge is 0.496 e. The van der Waals surface area contributed by atoms with E-state index in [0.717, 1.165) is 41.9 Å². The molecule has 1 aliphatic rings. The number of aromatic nitrogens is 4. The molecule has 1 amide bonds. The fourth-order valence-electron chi connectivity index (χ4n) is 3.72. The number of rotatable bonds is 6. The van der Waals surface area contributed by atoms with E-state index in [4.69, 9.17) is 9.84 Å². The van der Waals surface area contributed by atoms with Crippen LogP contribution in [0.15, 0.2) is 30.6 Å². The van der Waals surface area contributed by atoms with Crippen LogP contribution in [0.3, 0.4) is 0 Å². The number of ether oxygens (including phenoxy) is 1. The van der Waals surface area contributed by atoms with Crippen molar-refractivity contribution in [2.24, 2.45) is 0 Å². The van der Waals surface area contributed by atoms with Crippen LogP contribution in [0.2, 0.25) is 0 Å². The first-order chi connectivity index (χ1) is 13.7. The van der Waals surface area contributed by atoms with E-state index in [0.29, 0.717) is 30.3 Å². The van der Waals surface area contributed by atoms with Crippen LogP contribution in [0.1, 0.15) is 34.0 Å². The molecule has 1 fully saturated rings. The summed E-state index contributed by atoms with van der Waals surface area (Å²) in [6.45, 7) is 4.78. The monoisotopic (exact) mass is 380 g/mol. The van der Waals surface area contributed by atoms with Gasteiger partial charge in [0.05, 0.1) is 24.9 Å². The number of carbonyl (C=O) groups is 1. The van der Waals surface area contributed by atoms with Crippen molar-refractivity contribution < 1.29 is 9.53 Å². The molecule has 3 heterocycles. The van der Waals surface area contributed by atoms with E-state index in [2.05, 4.69) is 20.6 Å². The molecule has 2 N–H and O–H groups in total. The zero-order valence-electron chi connectivity index (χ0n) is 16.1. The summed E-state index contributed by atoms with van der Waals surface area (Å²) in [5.74, 6) is 0.793. The van der Waals surface area contributed by atoms with Gasteiger partial charge in [0.25, 0.3) is 5.91 Å². The summed E-state index contributed by atoms with van der Waals surface area (Å²) in [5.41, 5.74) is 4.05. The fraction of sp³-hybridized carbons (Fsp3) is 0.400. The lowest BCUT2D eigenvalue weighted by Crippen LogP contribution is -2.28. The van der Waals surface area contributed by atoms with Crippen molar-refractivity contribution in [3.8, 4) is 5.75 Å². The van der Waals surface area contributed by atoms with E-state index in [1.165, 1.54) is 0 Å². The fourth-order valence-corrected chi connectivity index (χ4v) is 3.72. The molecule has 28 heavy (non-hydrogen) atoms. The van der Waals surface area contributed by atoms with Crippen molar-refractivity contribution in [3.05, 3.63) is 47.4 Å². The Kier molecular flexibility index (Phi) is 5.21. The summed E-state index contributed by atoms with van der Waals surface area (Å²) < 4.78 is 7.21. The van der Waals surface area contributed by atoms with Crippen molar-refractivity contribution in [3.63, 3.8) is 0 Å². The number of amides is 1. The highest BCUT2D eigenvalue weighted by molar-refractivity contribution is 5.97. The normalized spacial score (nSPS) is 16.4. The first-order valence-corrected chi connectivity index (χ1v) is 9.49. The number of hydrogen-bond donors (Lipinski definition) is 2. The molecule has 8 nitrogen and oxygen atoms in total. The van der Waals surface area contributed by atoms with Gasteiger partial charge in [0.15, 0.2) is 5.65 Å². The number of para-hydroxylation sites is 1. The Morgan fingerprint density at radius 2 is 2.21 bits per heavy atom. The molecule has 1 atom stereocenters. The molecule has 0 aliphatic carbocycles. The van der Waals surface area contributed by atoms with Crippen molar-refractivity contribution in [2.75, 3.05) is 26.7 Å². The molecule has 8 heteroatoms. The quantitative estimate of drug-likeness (QED) is 0.675. The summed E-state index contributed by atoms with van der Waals surface area (Å²) in [6.07, 6.45) is 4.42. The Hall–Kier alpha value is -3.00. The van der Waals surface area contributed by atoms with Gasteiger partial charge < -0.3 is 15.4 Å². The van der Waals surface area contributed by atoms with Gasteiger partial charge in [-0.25, -0.2) is 14.6 Å². The minimum Gasteiger partial charge on any atom is -0.496 e. The minimum absolute atomic E-state index is 0.164. The molecule has 2 aromatic heterocycles. The van der Waals surface area contributed by atoms with Gasteiger partial charge in [-0.05, 0) is 31.5 Å². The number of methoxy groups -OCH3 is 1. The standard InChI is InChI=1S/C20H24N6O2/c1-13-4-3-5-15(18(13)28-2)20(27)24-10-11-26-19-17(22-8-9-23-19)16(25-26)14-6-7-21-12-14/h3-5,8-9,14,21H,6-7,10-12H2,1-2H3,(H,24,27)/t14-/m1/s1. The van der Waals surface area contributed by atoms with Crippen LogP contribution in [0.5, 0.6) is 5.75 Å². The van der Waals surface area contributed by atoms with E-state index in [1.807, 2.05) is 23.7 Å². The highest BCUT2D eigenvalue weighted by atomic mass is 16.5. The van der Waals surface area contributed by atoms with Crippen LogP contribution < -0.4 is 15.4 Å². The highest BCUT2D eigenvalue weighted by Gasteiger charge is 2.24. The summed E-state index contributed by atoms with van der Waals surface area (Å²) in [5, 5.41) is 11.1. The second-order valence-electron chi connectivity index (χ2n) is 6.94. The van der Waals surface area contributed by atoms with Gasteiger partial charge in [-0.1, -0.05) is 12.1 Å². The SMILES string of the molecule is COc1c(C)cccc1C(=O)NCCn1nc([C@@H]2CCNC2)c2nccnc21. The van der Waals surface area contributed by atoms with Crippen LogP contribution in [0.4, 0.5) is 0 Å². The second-order valence-corrected chi connectivity index (χ2v) is 6.94. The van der Waals surface area contributed by atoms with Gasteiger partial charge in [0, 0.05) is 31.4 Å². The van der Waals surface area contributed by atoms with Crippen molar-refractivity contribution in [2.45, 2.75) is 25.8 Å². The van der Waals surface area contributed by atoms with Crippen molar-refractivity contribution in [1.82, 2.24) is 30.4 Å². The molecule has 4 rings (SSSR count). The van der Waals surface area contributed by atoms with E-state index < -0.39 is 0 Å². The number of hydrogen-bond acceptors (Lipinski definition) is 6. The third-order valence-corrected chi connectivity index (χ3v) is 5.11. The number of nitrogens with zero attached hydrogens (tertiary/aromatic N) is 4. The maximum absolute atomic E-state index is 12.6. The topological polar surface area (TPSA) is 94.0 Å². The maximum atomic E-state index is 12.6. The van der Waals surface area contributed by atoms with E-state index in [1.54, 1.807) is 25.6 Å². The Balaban J connectivity index is 1.49. The summed E-state index contributed by atoms with van der Waals surface area (Å²) in [4.78, 5) is 21.5. The number of carbonyl (C=O) groups excluding carboxylic acids is 1. The molecule has 1 saturated heterocycles. The van der Waals surface area contributed by atoms with Crippen LogP contribution in [-0.2, 0) is 6.54 Å². The average Bonchev–Trinajstić information content (AvgIpc) is 3.36. The molecule has 146 valence electrons. The van der Waals surface area contributed by atoms with E-state index >= 15 is 0 Å². The molecule has 0 bridgehead atoms. The third kappa shape index (κ3) is 3.43. The Bertz CT molecular complexity index is 994.